The van der Waals surface area contributed by atoms with E-state index in [1.807, 2.05) is 28.8 Å². The molecule has 1 aliphatic rings. The molecule has 3 aromatic rings. The van der Waals surface area contributed by atoms with Crippen LogP contribution in [0.3, 0.4) is 0 Å². The Hall–Kier alpha value is -2.78. The summed E-state index contributed by atoms with van der Waals surface area (Å²) in [6, 6.07) is 11.4. The lowest BCUT2D eigenvalue weighted by atomic mass is 9.99. The monoisotopic (exact) mass is 430 g/mol. The molecule has 1 amide bonds. The van der Waals surface area contributed by atoms with Crippen LogP contribution in [0.1, 0.15) is 40.6 Å². The highest BCUT2D eigenvalue weighted by Crippen LogP contribution is 2.29. The lowest BCUT2D eigenvalue weighted by Crippen LogP contribution is -2.38. The SMILES string of the molecule is CS(=O)(=O)N1CCC[C@H](c2nc(C(=O)NCc3ccc(F)cc3)c3ccccn23)C1. The van der Waals surface area contributed by atoms with E-state index in [1.165, 1.54) is 22.7 Å². The van der Waals surface area contributed by atoms with Gasteiger partial charge in [0, 0.05) is 31.7 Å². The average Bonchev–Trinajstić information content (AvgIpc) is 3.12. The molecule has 1 saturated heterocycles. The number of hydrogen-bond acceptors (Lipinski definition) is 4. The van der Waals surface area contributed by atoms with Crippen molar-refractivity contribution in [2.45, 2.75) is 25.3 Å². The van der Waals surface area contributed by atoms with Gasteiger partial charge in [-0.25, -0.2) is 22.1 Å². The average molecular weight is 431 g/mol. The van der Waals surface area contributed by atoms with E-state index in [4.69, 9.17) is 0 Å². The number of benzene rings is 1. The van der Waals surface area contributed by atoms with Crippen molar-refractivity contribution < 1.29 is 17.6 Å². The van der Waals surface area contributed by atoms with Gasteiger partial charge in [-0.1, -0.05) is 18.2 Å². The molecular formula is C21H23FN4O3S. The summed E-state index contributed by atoms with van der Waals surface area (Å²) in [5.74, 6) is -0.0663. The fourth-order valence-electron chi connectivity index (χ4n) is 3.84. The number of piperidine rings is 1. The minimum atomic E-state index is -3.28. The molecule has 0 unspecified atom stereocenters. The zero-order chi connectivity index (χ0) is 21.3. The summed E-state index contributed by atoms with van der Waals surface area (Å²) < 4.78 is 40.4. The molecule has 0 bridgehead atoms. The van der Waals surface area contributed by atoms with Crippen molar-refractivity contribution in [3.05, 3.63) is 71.6 Å². The van der Waals surface area contributed by atoms with E-state index in [0.29, 0.717) is 30.1 Å². The second-order valence-electron chi connectivity index (χ2n) is 7.54. The van der Waals surface area contributed by atoms with Gasteiger partial charge in [0.05, 0.1) is 11.8 Å². The van der Waals surface area contributed by atoms with Crippen molar-refractivity contribution in [2.24, 2.45) is 0 Å². The van der Waals surface area contributed by atoms with Crippen LogP contribution in [-0.2, 0) is 16.6 Å². The summed E-state index contributed by atoms with van der Waals surface area (Å²) in [4.78, 5) is 17.5. The number of fused-ring (bicyclic) bond motifs is 1. The Morgan fingerprint density at radius 3 is 2.73 bits per heavy atom. The molecule has 4 rings (SSSR count). The third-order valence-electron chi connectivity index (χ3n) is 5.38. The topological polar surface area (TPSA) is 83.8 Å². The number of amides is 1. The van der Waals surface area contributed by atoms with Crippen LogP contribution in [0.25, 0.3) is 5.52 Å². The predicted octanol–water partition coefficient (Wildman–Crippen LogP) is 2.54. The minimum absolute atomic E-state index is 0.0953. The molecule has 0 radical (unpaired) electrons. The smallest absolute Gasteiger partial charge is 0.272 e. The van der Waals surface area contributed by atoms with Crippen molar-refractivity contribution in [2.75, 3.05) is 19.3 Å². The second kappa shape index (κ2) is 8.16. The van der Waals surface area contributed by atoms with Gasteiger partial charge < -0.3 is 9.72 Å². The number of halogens is 1. The van der Waals surface area contributed by atoms with Gasteiger partial charge in [-0.05, 0) is 42.7 Å². The maximum atomic E-state index is 13.1. The molecule has 0 spiro atoms. The van der Waals surface area contributed by atoms with Crippen LogP contribution in [0.15, 0.2) is 48.7 Å². The Labute approximate surface area is 174 Å². The molecule has 2 aromatic heterocycles. The van der Waals surface area contributed by atoms with Gasteiger partial charge in [-0.3, -0.25) is 4.79 Å². The second-order valence-corrected chi connectivity index (χ2v) is 9.53. The van der Waals surface area contributed by atoms with Gasteiger partial charge in [-0.15, -0.1) is 0 Å². The lowest BCUT2D eigenvalue weighted by molar-refractivity contribution is 0.0948. The molecule has 1 aromatic carbocycles. The Balaban J connectivity index is 1.60. The largest absolute Gasteiger partial charge is 0.347 e. The van der Waals surface area contributed by atoms with Crippen LogP contribution in [0.5, 0.6) is 0 Å². The Bertz CT molecular complexity index is 1170. The number of carbonyl (C=O) groups excluding carboxylic acids is 1. The summed E-state index contributed by atoms with van der Waals surface area (Å²) in [5.41, 5.74) is 1.74. The molecule has 158 valence electrons. The summed E-state index contributed by atoms with van der Waals surface area (Å²) in [5, 5.41) is 2.83. The summed E-state index contributed by atoms with van der Waals surface area (Å²) >= 11 is 0. The van der Waals surface area contributed by atoms with Crippen molar-refractivity contribution in [1.82, 2.24) is 19.0 Å². The molecule has 1 N–H and O–H groups in total. The van der Waals surface area contributed by atoms with Gasteiger partial charge in [0.25, 0.3) is 5.91 Å². The number of aromatic nitrogens is 2. The first-order valence-electron chi connectivity index (χ1n) is 9.77. The first-order chi connectivity index (χ1) is 14.3. The molecule has 3 heterocycles. The number of pyridine rings is 1. The number of carbonyl (C=O) groups is 1. The molecule has 1 atom stereocenters. The third kappa shape index (κ3) is 4.22. The highest BCUT2D eigenvalue weighted by atomic mass is 32.2. The molecule has 30 heavy (non-hydrogen) atoms. The molecule has 0 aliphatic carbocycles. The standard InChI is InChI=1S/C21H23FN4O3S/c1-30(28,29)25-11-4-5-16(14-25)20-24-19(18-6-2-3-12-26(18)20)21(27)23-13-15-7-9-17(22)10-8-15/h2-3,6-10,12,16H,4-5,11,13-14H2,1H3,(H,23,27)/t16-/m0/s1. The number of hydrogen-bond donors (Lipinski definition) is 1. The number of nitrogens with one attached hydrogen (secondary N) is 1. The Morgan fingerprint density at radius 1 is 1.23 bits per heavy atom. The predicted molar refractivity (Wildman–Crippen MR) is 111 cm³/mol. The molecule has 7 nitrogen and oxygen atoms in total. The normalized spacial score (nSPS) is 17.9. The van der Waals surface area contributed by atoms with Gasteiger partial charge in [0.1, 0.15) is 11.6 Å². The van der Waals surface area contributed by atoms with Crippen LogP contribution in [-0.4, -0.2) is 47.4 Å². The zero-order valence-corrected chi connectivity index (χ0v) is 17.4. The van der Waals surface area contributed by atoms with E-state index in [1.54, 1.807) is 12.1 Å². The lowest BCUT2D eigenvalue weighted by Gasteiger charge is -2.30. The third-order valence-corrected chi connectivity index (χ3v) is 6.65. The van der Waals surface area contributed by atoms with Crippen LogP contribution in [0.2, 0.25) is 0 Å². The maximum Gasteiger partial charge on any atom is 0.272 e. The van der Waals surface area contributed by atoms with Gasteiger partial charge in [0.15, 0.2) is 5.69 Å². The fourth-order valence-corrected chi connectivity index (χ4v) is 4.75. The van der Waals surface area contributed by atoms with E-state index in [9.17, 15) is 17.6 Å². The highest BCUT2D eigenvalue weighted by molar-refractivity contribution is 7.88. The summed E-state index contributed by atoms with van der Waals surface area (Å²) in [6.07, 6.45) is 4.60. The molecule has 1 fully saturated rings. The molecule has 9 heteroatoms. The van der Waals surface area contributed by atoms with Crippen molar-refractivity contribution in [3.63, 3.8) is 0 Å². The van der Waals surface area contributed by atoms with Crippen LogP contribution >= 0.6 is 0 Å². The van der Waals surface area contributed by atoms with Crippen LogP contribution in [0, 0.1) is 5.82 Å². The highest BCUT2D eigenvalue weighted by Gasteiger charge is 2.30. The van der Waals surface area contributed by atoms with E-state index in [-0.39, 0.29) is 24.2 Å². The number of rotatable bonds is 5. The molecule has 1 aliphatic heterocycles. The quantitative estimate of drug-likeness (QED) is 0.674. The molecule has 0 saturated carbocycles. The first kappa shape index (κ1) is 20.5. The molecular weight excluding hydrogens is 407 g/mol. The van der Waals surface area contributed by atoms with Gasteiger partial charge in [0.2, 0.25) is 10.0 Å². The minimum Gasteiger partial charge on any atom is -0.347 e. The van der Waals surface area contributed by atoms with Gasteiger partial charge >= 0.3 is 0 Å². The summed E-state index contributed by atoms with van der Waals surface area (Å²) in [7, 11) is -3.28. The number of imidazole rings is 1. The first-order valence-corrected chi connectivity index (χ1v) is 11.6. The van der Waals surface area contributed by atoms with Crippen molar-refractivity contribution >= 4 is 21.4 Å². The van der Waals surface area contributed by atoms with Crippen LogP contribution < -0.4 is 5.32 Å². The fraction of sp³-hybridized carbons (Fsp3) is 0.333. The van der Waals surface area contributed by atoms with Crippen LogP contribution in [0.4, 0.5) is 4.39 Å². The van der Waals surface area contributed by atoms with Crippen molar-refractivity contribution in [1.29, 1.82) is 0 Å². The van der Waals surface area contributed by atoms with Crippen molar-refractivity contribution in [3.8, 4) is 0 Å². The maximum absolute atomic E-state index is 13.1. The zero-order valence-electron chi connectivity index (χ0n) is 16.6. The van der Waals surface area contributed by atoms with E-state index >= 15 is 0 Å². The van der Waals surface area contributed by atoms with E-state index in [0.717, 1.165) is 18.4 Å². The Kier molecular flexibility index (Phi) is 5.57. The van der Waals surface area contributed by atoms with E-state index < -0.39 is 10.0 Å². The number of nitrogens with zero attached hydrogens (tertiary/aromatic N) is 3. The van der Waals surface area contributed by atoms with E-state index in [2.05, 4.69) is 10.3 Å². The number of sulfonamides is 1. The Morgan fingerprint density at radius 2 is 2.00 bits per heavy atom. The van der Waals surface area contributed by atoms with Gasteiger partial charge in [-0.2, -0.15) is 0 Å². The summed E-state index contributed by atoms with van der Waals surface area (Å²) in [6.45, 7) is 1.11.